The van der Waals surface area contributed by atoms with E-state index in [2.05, 4.69) is 31.4 Å². The molecule has 2 aromatic heterocycles. The van der Waals surface area contributed by atoms with Gasteiger partial charge in [0.2, 0.25) is 0 Å². The number of halogens is 3. The molecule has 0 saturated carbocycles. The first kappa shape index (κ1) is 14.8. The first-order chi connectivity index (χ1) is 10.5. The van der Waals surface area contributed by atoms with E-state index in [1.165, 1.54) is 11.3 Å². The highest BCUT2D eigenvalue weighted by Gasteiger charge is 2.17. The molecule has 0 atom stereocenters. The summed E-state index contributed by atoms with van der Waals surface area (Å²) in [4.78, 5) is 12.6. The lowest BCUT2D eigenvalue weighted by atomic mass is 10.2. The Hall–Kier alpha value is -2.13. The first-order valence-electron chi connectivity index (χ1n) is 5.88. The lowest BCUT2D eigenvalue weighted by Gasteiger charge is -2.01. The fourth-order valence-electron chi connectivity index (χ4n) is 1.64. The molecule has 0 saturated heterocycles. The molecular formula is C13H6BrF2N3O2S. The lowest BCUT2D eigenvalue weighted by Crippen LogP contribution is -2.14. The summed E-state index contributed by atoms with van der Waals surface area (Å²) in [6, 6.07) is 6.06. The first-order valence-corrected chi connectivity index (χ1v) is 7.49. The van der Waals surface area contributed by atoms with Gasteiger partial charge in [0, 0.05) is 6.07 Å². The summed E-state index contributed by atoms with van der Waals surface area (Å²) in [5.74, 6) is -2.32. The molecule has 0 spiro atoms. The third-order valence-electron chi connectivity index (χ3n) is 2.61. The number of rotatable bonds is 3. The van der Waals surface area contributed by atoms with E-state index >= 15 is 0 Å². The molecule has 0 aliphatic carbocycles. The van der Waals surface area contributed by atoms with Gasteiger partial charge >= 0.3 is 6.01 Å². The Morgan fingerprint density at radius 2 is 2.05 bits per heavy atom. The van der Waals surface area contributed by atoms with Crippen molar-refractivity contribution in [2.24, 2.45) is 0 Å². The lowest BCUT2D eigenvalue weighted by molar-refractivity contribution is 0.102. The van der Waals surface area contributed by atoms with E-state index in [0.717, 1.165) is 15.9 Å². The predicted octanol–water partition coefficient (Wildman–Crippen LogP) is 4.09. The smallest absolute Gasteiger partial charge is 0.322 e. The highest BCUT2D eigenvalue weighted by molar-refractivity contribution is 9.11. The molecule has 1 N–H and O–H groups in total. The van der Waals surface area contributed by atoms with Crippen LogP contribution in [0, 0.1) is 11.6 Å². The minimum Gasteiger partial charge on any atom is -0.402 e. The van der Waals surface area contributed by atoms with E-state index in [9.17, 15) is 13.6 Å². The van der Waals surface area contributed by atoms with Gasteiger partial charge in [0.15, 0.2) is 0 Å². The number of carbonyl (C=O) groups is 1. The van der Waals surface area contributed by atoms with Crippen molar-refractivity contribution < 1.29 is 18.0 Å². The Balaban J connectivity index is 1.79. The number of nitrogens with zero attached hydrogens (tertiary/aromatic N) is 2. The van der Waals surface area contributed by atoms with E-state index in [1.807, 2.05) is 6.07 Å². The van der Waals surface area contributed by atoms with Crippen molar-refractivity contribution in [2.75, 3.05) is 5.32 Å². The van der Waals surface area contributed by atoms with Gasteiger partial charge in [-0.05, 0) is 40.2 Å². The Kier molecular flexibility index (Phi) is 3.99. The Labute approximate surface area is 135 Å². The quantitative estimate of drug-likeness (QED) is 0.736. The van der Waals surface area contributed by atoms with Gasteiger partial charge < -0.3 is 4.42 Å². The Bertz CT molecular complexity index is 849. The average molecular weight is 386 g/mol. The van der Waals surface area contributed by atoms with Crippen LogP contribution in [-0.2, 0) is 0 Å². The second kappa shape index (κ2) is 5.93. The van der Waals surface area contributed by atoms with Gasteiger partial charge in [0.1, 0.15) is 11.6 Å². The molecule has 0 unspecified atom stereocenters. The molecule has 5 nitrogen and oxygen atoms in total. The third-order valence-corrected chi connectivity index (χ3v) is 4.22. The fourth-order valence-corrected chi connectivity index (χ4v) is 2.95. The van der Waals surface area contributed by atoms with Gasteiger partial charge in [-0.2, -0.15) is 0 Å². The summed E-state index contributed by atoms with van der Waals surface area (Å²) in [7, 11) is 0. The standard InChI is InChI=1S/C13H6BrF2N3O2S/c14-10-4-3-9(22-10)12-18-19-13(21-12)17-11(20)7-2-1-6(15)5-8(7)16/h1-5H,(H,17,19,20). The zero-order valence-electron chi connectivity index (χ0n) is 10.6. The van der Waals surface area contributed by atoms with Crippen LogP contribution in [0.4, 0.5) is 14.8 Å². The van der Waals surface area contributed by atoms with Gasteiger partial charge in [-0.3, -0.25) is 10.1 Å². The summed E-state index contributed by atoms with van der Waals surface area (Å²) >= 11 is 4.69. The number of hydrogen-bond acceptors (Lipinski definition) is 5. The third kappa shape index (κ3) is 3.04. The minimum atomic E-state index is -0.973. The zero-order valence-corrected chi connectivity index (χ0v) is 13.0. The van der Waals surface area contributed by atoms with E-state index < -0.39 is 17.5 Å². The number of aromatic nitrogens is 2. The van der Waals surface area contributed by atoms with Crippen molar-refractivity contribution in [3.63, 3.8) is 0 Å². The van der Waals surface area contributed by atoms with Crippen molar-refractivity contribution in [1.82, 2.24) is 10.2 Å². The highest BCUT2D eigenvalue weighted by atomic mass is 79.9. The van der Waals surface area contributed by atoms with Crippen LogP contribution in [0.2, 0.25) is 0 Å². The fraction of sp³-hybridized carbons (Fsp3) is 0. The molecule has 0 bridgehead atoms. The zero-order chi connectivity index (χ0) is 15.7. The molecule has 3 aromatic rings. The van der Waals surface area contributed by atoms with Crippen LogP contribution < -0.4 is 5.32 Å². The Morgan fingerprint density at radius 1 is 1.23 bits per heavy atom. The number of thiophene rings is 1. The number of carbonyl (C=O) groups excluding carboxylic acids is 1. The van der Waals surface area contributed by atoms with Crippen LogP contribution in [0.3, 0.4) is 0 Å². The topological polar surface area (TPSA) is 68.0 Å². The summed E-state index contributed by atoms with van der Waals surface area (Å²) in [5, 5.41) is 9.71. The van der Waals surface area contributed by atoms with Crippen molar-refractivity contribution in [1.29, 1.82) is 0 Å². The molecule has 0 aliphatic heterocycles. The molecule has 0 aliphatic rings. The van der Waals surface area contributed by atoms with E-state index in [1.54, 1.807) is 6.07 Å². The van der Waals surface area contributed by atoms with Crippen molar-refractivity contribution >= 4 is 39.2 Å². The molecule has 1 aromatic carbocycles. The van der Waals surface area contributed by atoms with E-state index in [-0.39, 0.29) is 17.5 Å². The van der Waals surface area contributed by atoms with Gasteiger partial charge in [-0.25, -0.2) is 8.78 Å². The summed E-state index contributed by atoms with van der Waals surface area (Å²) in [6.07, 6.45) is 0. The average Bonchev–Trinajstić information content (AvgIpc) is 3.07. The number of anilines is 1. The maximum Gasteiger partial charge on any atom is 0.322 e. The maximum atomic E-state index is 13.5. The second-order valence-corrected chi connectivity index (χ2v) is 6.56. The summed E-state index contributed by atoms with van der Waals surface area (Å²) in [5.41, 5.74) is -0.319. The number of nitrogens with one attached hydrogen (secondary N) is 1. The van der Waals surface area contributed by atoms with Crippen LogP contribution in [0.15, 0.2) is 38.5 Å². The van der Waals surface area contributed by atoms with Crippen molar-refractivity contribution in [3.8, 4) is 10.8 Å². The Morgan fingerprint density at radius 3 is 2.73 bits per heavy atom. The van der Waals surface area contributed by atoms with Crippen LogP contribution in [0.1, 0.15) is 10.4 Å². The number of hydrogen-bond donors (Lipinski definition) is 1. The molecule has 3 rings (SSSR count). The normalized spacial score (nSPS) is 10.7. The van der Waals surface area contributed by atoms with Crippen LogP contribution in [-0.4, -0.2) is 16.1 Å². The predicted molar refractivity (Wildman–Crippen MR) is 79.6 cm³/mol. The highest BCUT2D eigenvalue weighted by Crippen LogP contribution is 2.31. The molecule has 22 heavy (non-hydrogen) atoms. The molecule has 112 valence electrons. The summed E-state index contributed by atoms with van der Waals surface area (Å²) in [6.45, 7) is 0. The molecule has 0 radical (unpaired) electrons. The maximum absolute atomic E-state index is 13.5. The number of amides is 1. The molecule has 1 amide bonds. The second-order valence-electron chi connectivity index (χ2n) is 4.09. The van der Waals surface area contributed by atoms with Gasteiger partial charge in [-0.15, -0.1) is 16.4 Å². The molecule has 0 fully saturated rings. The van der Waals surface area contributed by atoms with E-state index in [4.69, 9.17) is 4.42 Å². The minimum absolute atomic E-state index is 0.173. The van der Waals surface area contributed by atoms with Crippen molar-refractivity contribution in [2.45, 2.75) is 0 Å². The van der Waals surface area contributed by atoms with Gasteiger partial charge in [-0.1, -0.05) is 5.10 Å². The molecule has 9 heteroatoms. The summed E-state index contributed by atoms with van der Waals surface area (Å²) < 4.78 is 32.5. The monoisotopic (exact) mass is 385 g/mol. The van der Waals surface area contributed by atoms with Gasteiger partial charge in [0.05, 0.1) is 14.2 Å². The van der Waals surface area contributed by atoms with Crippen LogP contribution >= 0.6 is 27.3 Å². The largest absolute Gasteiger partial charge is 0.402 e. The van der Waals surface area contributed by atoms with Gasteiger partial charge in [0.25, 0.3) is 11.8 Å². The molecular weight excluding hydrogens is 380 g/mol. The SMILES string of the molecule is O=C(Nc1nnc(-c2ccc(Br)s2)o1)c1ccc(F)cc1F. The van der Waals surface area contributed by atoms with Crippen LogP contribution in [0.25, 0.3) is 10.8 Å². The van der Waals surface area contributed by atoms with E-state index in [0.29, 0.717) is 10.9 Å². The molecule has 2 heterocycles. The number of benzene rings is 1. The van der Waals surface area contributed by atoms with Crippen LogP contribution in [0.5, 0.6) is 0 Å². The van der Waals surface area contributed by atoms with Crippen molar-refractivity contribution in [3.05, 3.63) is 51.3 Å².